The monoisotopic (exact) mass is 207 g/mol. The smallest absolute Gasteiger partial charge is 0.0892 e. The van der Waals surface area contributed by atoms with Crippen LogP contribution in [0.3, 0.4) is 0 Å². The lowest BCUT2D eigenvalue weighted by molar-refractivity contribution is 1.29. The quantitative estimate of drug-likeness (QED) is 0.615. The van der Waals surface area contributed by atoms with Gasteiger partial charge in [-0.05, 0) is 24.3 Å². The van der Waals surface area contributed by atoms with Crippen LogP contribution in [0.1, 0.15) is 0 Å². The highest BCUT2D eigenvalue weighted by Crippen LogP contribution is 2.19. The lowest BCUT2D eigenvalue weighted by Crippen LogP contribution is -1.86. The molecule has 0 amide bonds. The minimum absolute atomic E-state index is 0.914. The first kappa shape index (κ1) is 8.97. The maximum absolute atomic E-state index is 4.56. The van der Waals surface area contributed by atoms with Gasteiger partial charge in [-0.3, -0.25) is 9.97 Å². The highest BCUT2D eigenvalue weighted by molar-refractivity contribution is 5.80. The molecule has 0 saturated carbocycles. The van der Waals surface area contributed by atoms with Gasteiger partial charge in [0, 0.05) is 29.5 Å². The van der Waals surface area contributed by atoms with Gasteiger partial charge in [-0.2, -0.15) is 0 Å². The largest absolute Gasteiger partial charge is 0.265 e. The van der Waals surface area contributed by atoms with Crippen LogP contribution in [0.25, 0.3) is 22.2 Å². The number of hydrogen-bond acceptors (Lipinski definition) is 3. The van der Waals surface area contributed by atoms with Gasteiger partial charge in [0.05, 0.1) is 17.4 Å². The summed E-state index contributed by atoms with van der Waals surface area (Å²) in [6, 6.07) is 9.92. The molecule has 0 aliphatic heterocycles. The van der Waals surface area contributed by atoms with Crippen LogP contribution < -0.4 is 0 Å². The molecular weight excluding hydrogens is 198 g/mol. The Bertz CT molecular complexity index is 620. The number of rotatable bonds is 1. The Kier molecular flexibility index (Phi) is 2.07. The molecule has 0 N–H and O–H groups in total. The van der Waals surface area contributed by atoms with E-state index in [0.29, 0.717) is 0 Å². The Labute approximate surface area is 92.8 Å². The van der Waals surface area contributed by atoms with E-state index in [4.69, 9.17) is 0 Å². The summed E-state index contributed by atoms with van der Waals surface area (Å²) >= 11 is 0. The first-order valence-corrected chi connectivity index (χ1v) is 5.05. The van der Waals surface area contributed by atoms with Gasteiger partial charge >= 0.3 is 0 Å². The summed E-state index contributed by atoms with van der Waals surface area (Å²) in [6.07, 6.45) is 7.09. The molecule has 0 radical (unpaired) electrons. The number of fused-ring (bicyclic) bond motifs is 1. The average Bonchev–Trinajstić information content (AvgIpc) is 2.39. The summed E-state index contributed by atoms with van der Waals surface area (Å²) in [4.78, 5) is 12.6. The van der Waals surface area contributed by atoms with Gasteiger partial charge in [-0.1, -0.05) is 6.07 Å². The highest BCUT2D eigenvalue weighted by Gasteiger charge is 2.00. The second-order valence-corrected chi connectivity index (χ2v) is 3.50. The molecule has 3 heteroatoms. The molecule has 0 saturated heterocycles. The summed E-state index contributed by atoms with van der Waals surface area (Å²) in [5, 5.41) is 1.10. The van der Waals surface area contributed by atoms with Crippen molar-refractivity contribution < 1.29 is 0 Å². The lowest BCUT2D eigenvalue weighted by atomic mass is 10.1. The van der Waals surface area contributed by atoms with Gasteiger partial charge in [-0.25, -0.2) is 4.98 Å². The van der Waals surface area contributed by atoms with E-state index in [-0.39, 0.29) is 0 Å². The Balaban J connectivity index is 2.19. The Morgan fingerprint density at radius 3 is 2.44 bits per heavy atom. The fourth-order valence-electron chi connectivity index (χ4n) is 1.65. The van der Waals surface area contributed by atoms with Gasteiger partial charge < -0.3 is 0 Å². The minimum atomic E-state index is 0.914. The van der Waals surface area contributed by atoms with Gasteiger partial charge in [0.15, 0.2) is 0 Å². The molecule has 0 atom stereocenters. The fourth-order valence-corrected chi connectivity index (χ4v) is 1.65. The molecule has 16 heavy (non-hydrogen) atoms. The second-order valence-electron chi connectivity index (χ2n) is 3.50. The Hall–Kier alpha value is -2.29. The predicted molar refractivity (Wildman–Crippen MR) is 62.8 cm³/mol. The van der Waals surface area contributed by atoms with Crippen LogP contribution in [-0.4, -0.2) is 15.0 Å². The molecular formula is C13H9N3. The van der Waals surface area contributed by atoms with E-state index < -0.39 is 0 Å². The van der Waals surface area contributed by atoms with Gasteiger partial charge in [-0.15, -0.1) is 0 Å². The molecule has 3 aromatic heterocycles. The van der Waals surface area contributed by atoms with Crippen LogP contribution in [0, 0.1) is 0 Å². The number of pyridine rings is 3. The first-order valence-electron chi connectivity index (χ1n) is 5.05. The molecule has 3 rings (SSSR count). The van der Waals surface area contributed by atoms with Crippen molar-refractivity contribution in [1.29, 1.82) is 0 Å². The van der Waals surface area contributed by atoms with Crippen molar-refractivity contribution in [2.24, 2.45) is 0 Å². The SMILES string of the molecule is c1cc(-c2ccc3ccncc3n2)ccn1. The first-order chi connectivity index (χ1) is 7.93. The topological polar surface area (TPSA) is 38.7 Å². The summed E-state index contributed by atoms with van der Waals surface area (Å²) in [5.41, 5.74) is 2.93. The Morgan fingerprint density at radius 2 is 1.56 bits per heavy atom. The lowest BCUT2D eigenvalue weighted by Gasteiger charge is -2.01. The number of hydrogen-bond donors (Lipinski definition) is 0. The van der Waals surface area contributed by atoms with Gasteiger partial charge in [0.25, 0.3) is 0 Å². The molecule has 0 fully saturated rings. The number of nitrogens with zero attached hydrogens (tertiary/aromatic N) is 3. The molecule has 76 valence electrons. The summed E-state index contributed by atoms with van der Waals surface area (Å²) in [5.74, 6) is 0. The maximum atomic E-state index is 4.56. The third kappa shape index (κ3) is 1.52. The van der Waals surface area contributed by atoms with E-state index >= 15 is 0 Å². The molecule has 0 aromatic carbocycles. The van der Waals surface area contributed by atoms with Crippen molar-refractivity contribution >= 4 is 10.9 Å². The van der Waals surface area contributed by atoms with Crippen LogP contribution >= 0.6 is 0 Å². The summed E-state index contributed by atoms with van der Waals surface area (Å²) < 4.78 is 0. The predicted octanol–water partition coefficient (Wildman–Crippen LogP) is 2.69. The molecule has 0 aliphatic carbocycles. The van der Waals surface area contributed by atoms with Crippen molar-refractivity contribution in [2.75, 3.05) is 0 Å². The third-order valence-electron chi connectivity index (χ3n) is 2.47. The average molecular weight is 207 g/mol. The zero-order valence-electron chi connectivity index (χ0n) is 8.54. The molecule has 3 nitrogen and oxygen atoms in total. The zero-order chi connectivity index (χ0) is 10.8. The van der Waals surface area contributed by atoms with E-state index in [2.05, 4.69) is 21.0 Å². The summed E-state index contributed by atoms with van der Waals surface area (Å²) in [6.45, 7) is 0. The molecule has 0 bridgehead atoms. The van der Waals surface area contributed by atoms with Crippen molar-refractivity contribution in [3.63, 3.8) is 0 Å². The second kappa shape index (κ2) is 3.70. The minimum Gasteiger partial charge on any atom is -0.265 e. The van der Waals surface area contributed by atoms with Crippen molar-refractivity contribution in [1.82, 2.24) is 15.0 Å². The normalized spacial score (nSPS) is 10.5. The van der Waals surface area contributed by atoms with E-state index in [9.17, 15) is 0 Å². The van der Waals surface area contributed by atoms with E-state index in [1.807, 2.05) is 24.3 Å². The molecule has 0 spiro atoms. The van der Waals surface area contributed by atoms with Crippen LogP contribution in [0.15, 0.2) is 55.1 Å². The van der Waals surface area contributed by atoms with Gasteiger partial charge in [0.2, 0.25) is 0 Å². The van der Waals surface area contributed by atoms with E-state index in [1.165, 1.54) is 0 Å². The number of aromatic nitrogens is 3. The summed E-state index contributed by atoms with van der Waals surface area (Å²) in [7, 11) is 0. The molecule has 3 heterocycles. The third-order valence-corrected chi connectivity index (χ3v) is 2.47. The van der Waals surface area contributed by atoms with Crippen molar-refractivity contribution in [3.05, 3.63) is 55.1 Å². The van der Waals surface area contributed by atoms with Crippen molar-refractivity contribution in [3.8, 4) is 11.3 Å². The van der Waals surface area contributed by atoms with Crippen LogP contribution in [-0.2, 0) is 0 Å². The van der Waals surface area contributed by atoms with Crippen LogP contribution in [0.4, 0.5) is 0 Å². The van der Waals surface area contributed by atoms with Gasteiger partial charge in [0.1, 0.15) is 0 Å². The highest BCUT2D eigenvalue weighted by atomic mass is 14.7. The molecule has 3 aromatic rings. The van der Waals surface area contributed by atoms with Crippen LogP contribution in [0.5, 0.6) is 0 Å². The van der Waals surface area contributed by atoms with Crippen LogP contribution in [0.2, 0.25) is 0 Å². The molecule has 0 aliphatic rings. The standard InChI is InChI=1S/C13H9N3/c1-2-12(11-3-6-14-7-4-11)16-13-9-15-8-5-10(1)13/h1-9H. The van der Waals surface area contributed by atoms with Crippen molar-refractivity contribution in [2.45, 2.75) is 0 Å². The Morgan fingerprint density at radius 1 is 0.750 bits per heavy atom. The zero-order valence-corrected chi connectivity index (χ0v) is 8.54. The maximum Gasteiger partial charge on any atom is 0.0892 e. The molecule has 0 unspecified atom stereocenters. The van der Waals surface area contributed by atoms with E-state index in [0.717, 1.165) is 22.2 Å². The van der Waals surface area contributed by atoms with E-state index in [1.54, 1.807) is 24.8 Å². The fraction of sp³-hybridized carbons (Fsp3) is 0.